The molecule has 0 aliphatic heterocycles. The second-order valence-corrected chi connectivity index (χ2v) is 5.33. The molecule has 1 aromatic carbocycles. The highest BCUT2D eigenvalue weighted by molar-refractivity contribution is 7.99. The first kappa shape index (κ1) is 15.7. The number of rotatable bonds is 7. The van der Waals surface area contributed by atoms with Crippen LogP contribution in [0, 0.1) is 10.1 Å². The number of ether oxygens (including phenoxy) is 1. The molecule has 0 saturated heterocycles. The second-order valence-electron chi connectivity index (χ2n) is 4.23. The number of benzene rings is 1. The smallest absolute Gasteiger partial charge is 0.274 e. The number of nitro benzene ring substituents is 1. The topological polar surface area (TPSA) is 92.8 Å². The van der Waals surface area contributed by atoms with Gasteiger partial charge >= 0.3 is 0 Å². The molecule has 0 heterocycles. The van der Waals surface area contributed by atoms with E-state index >= 15 is 0 Å². The van der Waals surface area contributed by atoms with Gasteiger partial charge in [-0.1, -0.05) is 0 Å². The van der Waals surface area contributed by atoms with Gasteiger partial charge in [0.1, 0.15) is 5.75 Å². The highest BCUT2D eigenvalue weighted by Crippen LogP contribution is 2.30. The van der Waals surface area contributed by atoms with Crippen LogP contribution in [0.4, 0.5) is 5.69 Å². The molecule has 1 rings (SSSR count). The summed E-state index contributed by atoms with van der Waals surface area (Å²) in [6, 6.07) is 4.47. The van der Waals surface area contributed by atoms with Gasteiger partial charge in [0.15, 0.2) is 0 Å². The average Bonchev–Trinajstić information content (AvgIpc) is 2.34. The van der Waals surface area contributed by atoms with E-state index < -0.39 is 11.0 Å². The van der Waals surface area contributed by atoms with E-state index in [4.69, 9.17) is 9.84 Å². The first-order valence-electron chi connectivity index (χ1n) is 5.80. The van der Waals surface area contributed by atoms with E-state index in [2.05, 4.69) is 0 Å². The summed E-state index contributed by atoms with van der Waals surface area (Å²) in [7, 11) is 0. The van der Waals surface area contributed by atoms with E-state index in [-0.39, 0.29) is 24.2 Å². The van der Waals surface area contributed by atoms with E-state index in [1.54, 1.807) is 6.07 Å². The molecule has 0 aliphatic rings. The van der Waals surface area contributed by atoms with Crippen LogP contribution in [-0.4, -0.2) is 39.7 Å². The fourth-order valence-corrected chi connectivity index (χ4v) is 2.22. The minimum atomic E-state index is -0.848. The molecule has 0 bridgehead atoms. The largest absolute Gasteiger partial charge is 0.491 e. The fourth-order valence-electron chi connectivity index (χ4n) is 1.33. The van der Waals surface area contributed by atoms with Crippen LogP contribution < -0.4 is 4.74 Å². The zero-order valence-corrected chi connectivity index (χ0v) is 11.6. The van der Waals surface area contributed by atoms with Gasteiger partial charge in [0.05, 0.1) is 29.8 Å². The van der Waals surface area contributed by atoms with Gasteiger partial charge in [0, 0.05) is 16.7 Å². The van der Waals surface area contributed by atoms with Gasteiger partial charge in [-0.2, -0.15) is 0 Å². The van der Waals surface area contributed by atoms with Gasteiger partial charge < -0.3 is 14.9 Å². The Morgan fingerprint density at radius 1 is 1.42 bits per heavy atom. The molecular weight excluding hydrogens is 270 g/mol. The Balaban J connectivity index is 2.89. The van der Waals surface area contributed by atoms with Crippen LogP contribution in [0.15, 0.2) is 23.1 Å². The number of aliphatic hydroxyl groups excluding tert-OH is 2. The molecule has 106 valence electrons. The Morgan fingerprint density at radius 2 is 2.11 bits per heavy atom. The van der Waals surface area contributed by atoms with Crippen molar-refractivity contribution in [1.82, 2.24) is 0 Å². The quantitative estimate of drug-likeness (QED) is 0.451. The van der Waals surface area contributed by atoms with Crippen LogP contribution >= 0.6 is 11.8 Å². The lowest BCUT2D eigenvalue weighted by Gasteiger charge is -2.11. The zero-order valence-electron chi connectivity index (χ0n) is 10.8. The summed E-state index contributed by atoms with van der Waals surface area (Å²) in [5.74, 6) is 0.684. The standard InChI is InChI=1S/C12H17NO5S/c1-8(2)18-11-3-9(13(16)17)4-12(5-11)19-7-10(15)6-14/h3-5,8,10,14-15H,6-7H2,1-2H3. The lowest BCUT2D eigenvalue weighted by atomic mass is 10.3. The molecule has 0 amide bonds. The van der Waals surface area contributed by atoms with Gasteiger partial charge in [0.25, 0.3) is 5.69 Å². The van der Waals surface area contributed by atoms with Crippen molar-refractivity contribution in [1.29, 1.82) is 0 Å². The van der Waals surface area contributed by atoms with Crippen LogP contribution in [-0.2, 0) is 0 Å². The van der Waals surface area contributed by atoms with Gasteiger partial charge in [-0.25, -0.2) is 0 Å². The minimum absolute atomic E-state index is 0.0564. The molecule has 1 aromatic rings. The van der Waals surface area contributed by atoms with E-state index in [1.165, 1.54) is 23.9 Å². The number of nitrogens with zero attached hydrogens (tertiary/aromatic N) is 1. The van der Waals surface area contributed by atoms with E-state index in [0.717, 1.165) is 0 Å². The van der Waals surface area contributed by atoms with Crippen molar-refractivity contribution in [2.45, 2.75) is 31.0 Å². The Kier molecular flexibility index (Phi) is 6.07. The third-order valence-corrected chi connectivity index (χ3v) is 3.22. The summed E-state index contributed by atoms with van der Waals surface area (Å²) >= 11 is 1.23. The lowest BCUT2D eigenvalue weighted by Crippen LogP contribution is -2.14. The first-order valence-corrected chi connectivity index (χ1v) is 6.78. The predicted molar refractivity (Wildman–Crippen MR) is 72.7 cm³/mol. The Hall–Kier alpha value is -1.31. The summed E-state index contributed by atoms with van der Waals surface area (Å²) < 4.78 is 5.45. The molecule has 1 unspecified atom stereocenters. The number of nitro groups is 1. The summed E-state index contributed by atoms with van der Waals surface area (Å²) in [5.41, 5.74) is -0.0564. The number of hydrogen-bond donors (Lipinski definition) is 2. The Bertz CT molecular complexity index is 438. The molecule has 2 N–H and O–H groups in total. The van der Waals surface area contributed by atoms with Crippen LogP contribution in [0.3, 0.4) is 0 Å². The van der Waals surface area contributed by atoms with Crippen molar-refractivity contribution >= 4 is 17.4 Å². The molecule has 0 saturated carbocycles. The average molecular weight is 287 g/mol. The van der Waals surface area contributed by atoms with Crippen molar-refractivity contribution in [2.24, 2.45) is 0 Å². The summed E-state index contributed by atoms with van der Waals surface area (Å²) in [6.45, 7) is 3.33. The van der Waals surface area contributed by atoms with Crippen molar-refractivity contribution < 1.29 is 19.9 Å². The highest BCUT2D eigenvalue weighted by atomic mass is 32.2. The van der Waals surface area contributed by atoms with Crippen LogP contribution in [0.2, 0.25) is 0 Å². The summed E-state index contributed by atoms with van der Waals surface area (Å²) in [6.07, 6.45) is -0.929. The minimum Gasteiger partial charge on any atom is -0.491 e. The molecule has 7 heteroatoms. The maximum Gasteiger partial charge on any atom is 0.274 e. The summed E-state index contributed by atoms with van der Waals surface area (Å²) in [5, 5.41) is 28.8. The number of hydrogen-bond acceptors (Lipinski definition) is 6. The first-order chi connectivity index (χ1) is 8.92. The third kappa shape index (κ3) is 5.46. The van der Waals surface area contributed by atoms with Crippen molar-refractivity contribution in [2.75, 3.05) is 12.4 Å². The molecule has 19 heavy (non-hydrogen) atoms. The summed E-state index contributed by atoms with van der Waals surface area (Å²) in [4.78, 5) is 11.0. The molecule has 0 radical (unpaired) electrons. The van der Waals surface area contributed by atoms with Gasteiger partial charge in [-0.3, -0.25) is 10.1 Å². The zero-order chi connectivity index (χ0) is 14.4. The van der Waals surface area contributed by atoms with Crippen LogP contribution in [0.1, 0.15) is 13.8 Å². The van der Waals surface area contributed by atoms with Crippen molar-refractivity contribution in [3.05, 3.63) is 28.3 Å². The fraction of sp³-hybridized carbons (Fsp3) is 0.500. The third-order valence-electron chi connectivity index (χ3n) is 2.10. The van der Waals surface area contributed by atoms with E-state index in [1.807, 2.05) is 13.8 Å². The SMILES string of the molecule is CC(C)Oc1cc(SCC(O)CO)cc([N+](=O)[O-])c1. The maximum atomic E-state index is 10.8. The predicted octanol–water partition coefficient (Wildman–Crippen LogP) is 1.83. The molecule has 6 nitrogen and oxygen atoms in total. The number of non-ortho nitro benzene ring substituents is 1. The van der Waals surface area contributed by atoms with E-state index in [0.29, 0.717) is 10.6 Å². The highest BCUT2D eigenvalue weighted by Gasteiger charge is 2.13. The Morgan fingerprint density at radius 3 is 2.63 bits per heavy atom. The molecular formula is C12H17NO5S. The second kappa shape index (κ2) is 7.32. The molecule has 0 aliphatic carbocycles. The molecule has 0 fully saturated rings. The normalized spacial score (nSPS) is 12.5. The maximum absolute atomic E-state index is 10.8. The molecule has 1 atom stereocenters. The van der Waals surface area contributed by atoms with Gasteiger partial charge in [-0.15, -0.1) is 11.8 Å². The van der Waals surface area contributed by atoms with Crippen LogP contribution in [0.25, 0.3) is 0 Å². The van der Waals surface area contributed by atoms with Gasteiger partial charge in [0.2, 0.25) is 0 Å². The monoisotopic (exact) mass is 287 g/mol. The molecule has 0 aromatic heterocycles. The van der Waals surface area contributed by atoms with E-state index in [9.17, 15) is 15.2 Å². The van der Waals surface area contributed by atoms with Crippen molar-refractivity contribution in [3.8, 4) is 5.75 Å². The van der Waals surface area contributed by atoms with Gasteiger partial charge in [-0.05, 0) is 19.9 Å². The van der Waals surface area contributed by atoms with Crippen LogP contribution in [0.5, 0.6) is 5.75 Å². The van der Waals surface area contributed by atoms with Crippen molar-refractivity contribution in [3.63, 3.8) is 0 Å². The molecule has 0 spiro atoms. The number of thioether (sulfide) groups is 1. The number of aliphatic hydroxyl groups is 2. The lowest BCUT2D eigenvalue weighted by molar-refractivity contribution is -0.385. The Labute approximate surface area is 115 Å².